The number of carbonyl (C=O) groups is 2. The fourth-order valence-electron chi connectivity index (χ4n) is 3.69. The maximum Gasteiger partial charge on any atom is 0.338 e. The molecule has 0 spiro atoms. The van der Waals surface area contributed by atoms with Gasteiger partial charge in [0.2, 0.25) is 0 Å². The highest BCUT2D eigenvalue weighted by Gasteiger charge is 2.30. The van der Waals surface area contributed by atoms with E-state index in [0.717, 1.165) is 22.6 Å². The third-order valence-electron chi connectivity index (χ3n) is 5.18. The molecule has 1 aliphatic rings. The lowest BCUT2D eigenvalue weighted by Gasteiger charge is -2.21. The fourth-order valence-corrected chi connectivity index (χ4v) is 3.69. The van der Waals surface area contributed by atoms with Gasteiger partial charge in [-0.1, -0.05) is 48.5 Å². The van der Waals surface area contributed by atoms with Gasteiger partial charge in [-0.3, -0.25) is 9.69 Å². The molecule has 1 aliphatic heterocycles. The Kier molecular flexibility index (Phi) is 6.69. The number of hydrogen-bond acceptors (Lipinski definition) is 4. The molecule has 4 rings (SSSR count). The van der Waals surface area contributed by atoms with Crippen molar-refractivity contribution < 1.29 is 19.1 Å². The Morgan fingerprint density at radius 2 is 1.67 bits per heavy atom. The first-order valence-electron chi connectivity index (χ1n) is 10.9. The topological polar surface area (TPSA) is 55.8 Å². The SMILES string of the molecule is CCOC(=O)c1cccc(N2C(=O)/C(=C/c3ccc(OCC)cc3)C=C2c2ccccc2)c1. The standard InChI is InChI=1S/C28H25NO4/c1-3-32-25-15-13-20(14-16-25)17-23-19-26(21-9-6-5-7-10-21)29(27(23)30)24-12-8-11-22(18-24)28(31)33-4-2/h5-19H,3-4H2,1-2H3/b23-17+. The second-order valence-corrected chi connectivity index (χ2v) is 7.41. The summed E-state index contributed by atoms with van der Waals surface area (Å²) in [7, 11) is 0. The molecule has 166 valence electrons. The lowest BCUT2D eigenvalue weighted by Crippen LogP contribution is -2.25. The number of hydrogen-bond donors (Lipinski definition) is 0. The zero-order valence-corrected chi connectivity index (χ0v) is 18.7. The Morgan fingerprint density at radius 3 is 2.36 bits per heavy atom. The summed E-state index contributed by atoms with van der Waals surface area (Å²) in [5, 5.41) is 0. The van der Waals surface area contributed by atoms with E-state index in [1.807, 2.05) is 79.7 Å². The van der Waals surface area contributed by atoms with Crippen LogP contribution in [0.15, 0.2) is 90.5 Å². The first-order valence-corrected chi connectivity index (χ1v) is 10.9. The van der Waals surface area contributed by atoms with Gasteiger partial charge in [0.25, 0.3) is 5.91 Å². The summed E-state index contributed by atoms with van der Waals surface area (Å²) in [6, 6.07) is 24.3. The van der Waals surface area contributed by atoms with E-state index in [9.17, 15) is 9.59 Å². The second kappa shape index (κ2) is 10.0. The second-order valence-electron chi connectivity index (χ2n) is 7.41. The van der Waals surface area contributed by atoms with Crippen molar-refractivity contribution in [2.24, 2.45) is 0 Å². The van der Waals surface area contributed by atoms with E-state index in [0.29, 0.717) is 23.4 Å². The number of esters is 1. The molecule has 0 bridgehead atoms. The predicted molar refractivity (Wildman–Crippen MR) is 130 cm³/mol. The summed E-state index contributed by atoms with van der Waals surface area (Å²) < 4.78 is 10.6. The van der Waals surface area contributed by atoms with E-state index in [1.54, 1.807) is 30.0 Å². The van der Waals surface area contributed by atoms with Crippen LogP contribution in [-0.2, 0) is 9.53 Å². The number of anilines is 1. The summed E-state index contributed by atoms with van der Waals surface area (Å²) in [6.07, 6.45) is 3.74. The smallest absolute Gasteiger partial charge is 0.338 e. The van der Waals surface area contributed by atoms with Crippen molar-refractivity contribution in [1.82, 2.24) is 0 Å². The molecule has 1 heterocycles. The van der Waals surface area contributed by atoms with Crippen LogP contribution >= 0.6 is 0 Å². The van der Waals surface area contributed by atoms with Crippen molar-refractivity contribution in [2.45, 2.75) is 13.8 Å². The quantitative estimate of drug-likeness (QED) is 0.348. The van der Waals surface area contributed by atoms with Gasteiger partial charge >= 0.3 is 5.97 Å². The average molecular weight is 440 g/mol. The number of carbonyl (C=O) groups excluding carboxylic acids is 2. The molecular weight excluding hydrogens is 414 g/mol. The minimum Gasteiger partial charge on any atom is -0.494 e. The van der Waals surface area contributed by atoms with Gasteiger partial charge in [0.15, 0.2) is 0 Å². The molecule has 0 atom stereocenters. The van der Waals surface area contributed by atoms with Crippen LogP contribution in [0.25, 0.3) is 11.8 Å². The molecule has 3 aromatic carbocycles. The van der Waals surface area contributed by atoms with Crippen molar-refractivity contribution in [3.63, 3.8) is 0 Å². The summed E-state index contributed by atoms with van der Waals surface area (Å²) in [5.41, 5.74) is 4.11. The highest BCUT2D eigenvalue weighted by Crippen LogP contribution is 2.35. The molecule has 0 unspecified atom stereocenters. The van der Waals surface area contributed by atoms with E-state index in [1.165, 1.54) is 0 Å². The summed E-state index contributed by atoms with van der Waals surface area (Å²) >= 11 is 0. The van der Waals surface area contributed by atoms with Gasteiger partial charge in [0.1, 0.15) is 5.75 Å². The molecule has 5 nitrogen and oxygen atoms in total. The largest absolute Gasteiger partial charge is 0.494 e. The number of nitrogens with zero attached hydrogens (tertiary/aromatic N) is 1. The zero-order valence-electron chi connectivity index (χ0n) is 18.7. The predicted octanol–water partition coefficient (Wildman–Crippen LogP) is 5.73. The molecule has 0 saturated heterocycles. The highest BCUT2D eigenvalue weighted by atomic mass is 16.5. The van der Waals surface area contributed by atoms with Gasteiger partial charge in [-0.25, -0.2) is 4.79 Å². The summed E-state index contributed by atoms with van der Waals surface area (Å²) in [4.78, 5) is 27.4. The average Bonchev–Trinajstić information content (AvgIpc) is 3.17. The van der Waals surface area contributed by atoms with Crippen molar-refractivity contribution in [1.29, 1.82) is 0 Å². The Bertz CT molecular complexity index is 1210. The zero-order chi connectivity index (χ0) is 23.2. The lowest BCUT2D eigenvalue weighted by molar-refractivity contribution is -0.113. The van der Waals surface area contributed by atoms with E-state index in [-0.39, 0.29) is 12.5 Å². The first kappa shape index (κ1) is 22.1. The van der Waals surface area contributed by atoms with Gasteiger partial charge in [-0.15, -0.1) is 0 Å². The van der Waals surface area contributed by atoms with E-state index < -0.39 is 5.97 Å². The number of benzene rings is 3. The summed E-state index contributed by atoms with van der Waals surface area (Å²) in [5.74, 6) is 0.209. The molecule has 0 radical (unpaired) electrons. The molecule has 1 amide bonds. The van der Waals surface area contributed by atoms with Gasteiger partial charge in [0.05, 0.1) is 30.2 Å². The number of amides is 1. The third kappa shape index (κ3) is 4.88. The van der Waals surface area contributed by atoms with Crippen molar-refractivity contribution >= 4 is 29.3 Å². The Balaban J connectivity index is 1.74. The van der Waals surface area contributed by atoms with Crippen LogP contribution in [0.2, 0.25) is 0 Å². The minimum atomic E-state index is -0.415. The van der Waals surface area contributed by atoms with E-state index in [4.69, 9.17) is 9.47 Å². The van der Waals surface area contributed by atoms with Crippen LogP contribution in [0.5, 0.6) is 5.75 Å². The molecular formula is C28H25NO4. The van der Waals surface area contributed by atoms with E-state index >= 15 is 0 Å². The Morgan fingerprint density at radius 1 is 0.909 bits per heavy atom. The molecule has 5 heteroatoms. The molecule has 0 aromatic heterocycles. The van der Waals surface area contributed by atoms with E-state index in [2.05, 4.69) is 0 Å². The molecule has 0 saturated carbocycles. The van der Waals surface area contributed by atoms with Gasteiger partial charge in [0, 0.05) is 5.57 Å². The lowest BCUT2D eigenvalue weighted by atomic mass is 10.1. The normalized spacial score (nSPS) is 14.4. The van der Waals surface area contributed by atoms with Crippen LogP contribution in [0.1, 0.15) is 35.3 Å². The van der Waals surface area contributed by atoms with Crippen molar-refractivity contribution in [3.8, 4) is 5.75 Å². The number of ether oxygens (including phenoxy) is 2. The number of rotatable bonds is 7. The molecule has 0 aliphatic carbocycles. The van der Waals surface area contributed by atoms with Crippen LogP contribution in [0, 0.1) is 0 Å². The highest BCUT2D eigenvalue weighted by molar-refractivity contribution is 6.23. The third-order valence-corrected chi connectivity index (χ3v) is 5.18. The molecule has 0 N–H and O–H groups in total. The fraction of sp³-hybridized carbons (Fsp3) is 0.143. The van der Waals surface area contributed by atoms with Crippen molar-refractivity contribution in [2.75, 3.05) is 18.1 Å². The maximum absolute atomic E-state index is 13.5. The van der Waals surface area contributed by atoms with Crippen LogP contribution in [0.3, 0.4) is 0 Å². The molecule has 3 aromatic rings. The van der Waals surface area contributed by atoms with Gasteiger partial charge in [-0.2, -0.15) is 0 Å². The van der Waals surface area contributed by atoms with Crippen LogP contribution in [-0.4, -0.2) is 25.1 Å². The summed E-state index contributed by atoms with van der Waals surface area (Å²) in [6.45, 7) is 4.59. The van der Waals surface area contributed by atoms with Crippen molar-refractivity contribution in [3.05, 3.63) is 107 Å². The maximum atomic E-state index is 13.5. The van der Waals surface area contributed by atoms with Gasteiger partial charge in [-0.05, 0) is 67.5 Å². The molecule has 33 heavy (non-hydrogen) atoms. The Hall–Kier alpha value is -4.12. The van der Waals surface area contributed by atoms with Gasteiger partial charge < -0.3 is 9.47 Å². The Labute approximate surface area is 193 Å². The minimum absolute atomic E-state index is 0.163. The van der Waals surface area contributed by atoms with Crippen LogP contribution < -0.4 is 9.64 Å². The molecule has 0 fully saturated rings. The van der Waals surface area contributed by atoms with Crippen LogP contribution in [0.4, 0.5) is 5.69 Å². The first-order chi connectivity index (χ1) is 16.1. The monoisotopic (exact) mass is 439 g/mol.